The summed E-state index contributed by atoms with van der Waals surface area (Å²) in [6.07, 6.45) is 1.42. The minimum absolute atomic E-state index is 0.322. The van der Waals surface area contributed by atoms with E-state index in [0.29, 0.717) is 28.6 Å². The second-order valence-corrected chi connectivity index (χ2v) is 3.72. The van der Waals surface area contributed by atoms with Crippen LogP contribution in [0, 0.1) is 0 Å². The van der Waals surface area contributed by atoms with Crippen molar-refractivity contribution in [1.82, 2.24) is 10.2 Å². The first-order valence-electron chi connectivity index (χ1n) is 5.48. The molecule has 1 heterocycles. The summed E-state index contributed by atoms with van der Waals surface area (Å²) in [7, 11) is 3.04. The van der Waals surface area contributed by atoms with E-state index in [0.717, 1.165) is 0 Å². The smallest absolute Gasteiger partial charge is 0.256 e. The molecule has 4 N–H and O–H groups in total. The van der Waals surface area contributed by atoms with Crippen LogP contribution in [-0.2, 0) is 0 Å². The Kier molecular flexibility index (Phi) is 3.56. The standard InChI is InChI=1S/C12H14N4O3/c1-18-9-4-3-7(5-10(9)19-2)12(17)15-11-8(13)6-14-16-11/h3-6H,13H2,1-2H3,(H2,14,15,16,17). The third kappa shape index (κ3) is 2.59. The highest BCUT2D eigenvalue weighted by Crippen LogP contribution is 2.28. The number of benzene rings is 1. The Balaban J connectivity index is 2.22. The first kappa shape index (κ1) is 12.7. The Morgan fingerprint density at radius 2 is 2.05 bits per heavy atom. The van der Waals surface area contributed by atoms with Gasteiger partial charge >= 0.3 is 0 Å². The molecule has 0 radical (unpaired) electrons. The van der Waals surface area contributed by atoms with E-state index in [4.69, 9.17) is 15.2 Å². The molecule has 7 heteroatoms. The second-order valence-electron chi connectivity index (χ2n) is 3.72. The van der Waals surface area contributed by atoms with Gasteiger partial charge in [0.05, 0.1) is 26.1 Å². The predicted octanol–water partition coefficient (Wildman–Crippen LogP) is 1.26. The number of carbonyl (C=O) groups excluding carboxylic acids is 1. The maximum atomic E-state index is 12.0. The highest BCUT2D eigenvalue weighted by Gasteiger charge is 2.12. The number of nitrogens with two attached hydrogens (primary N) is 1. The lowest BCUT2D eigenvalue weighted by Gasteiger charge is -2.09. The largest absolute Gasteiger partial charge is 0.493 e. The zero-order valence-corrected chi connectivity index (χ0v) is 10.6. The Bertz CT molecular complexity index is 594. The Morgan fingerprint density at radius 3 is 2.63 bits per heavy atom. The molecule has 0 bridgehead atoms. The van der Waals surface area contributed by atoms with Gasteiger partial charge in [0.25, 0.3) is 5.91 Å². The topological polar surface area (TPSA) is 102 Å². The van der Waals surface area contributed by atoms with Crippen LogP contribution in [0.15, 0.2) is 24.4 Å². The number of rotatable bonds is 4. The zero-order chi connectivity index (χ0) is 13.8. The van der Waals surface area contributed by atoms with Crippen molar-refractivity contribution in [3.8, 4) is 11.5 Å². The fourth-order valence-corrected chi connectivity index (χ4v) is 1.56. The maximum Gasteiger partial charge on any atom is 0.256 e. The third-order valence-corrected chi connectivity index (χ3v) is 2.55. The van der Waals surface area contributed by atoms with E-state index < -0.39 is 0 Å². The first-order chi connectivity index (χ1) is 9.15. The number of ether oxygens (including phenoxy) is 2. The monoisotopic (exact) mass is 262 g/mol. The van der Waals surface area contributed by atoms with Gasteiger partial charge in [-0.25, -0.2) is 0 Å². The number of hydrogen-bond acceptors (Lipinski definition) is 5. The first-order valence-corrected chi connectivity index (χ1v) is 5.48. The van der Waals surface area contributed by atoms with Crippen molar-refractivity contribution in [3.63, 3.8) is 0 Å². The number of nitrogens with one attached hydrogen (secondary N) is 2. The van der Waals surface area contributed by atoms with E-state index in [1.807, 2.05) is 0 Å². The summed E-state index contributed by atoms with van der Waals surface area (Å²) in [6, 6.07) is 4.87. The summed E-state index contributed by atoms with van der Waals surface area (Å²) in [5, 5.41) is 8.93. The molecule has 19 heavy (non-hydrogen) atoms. The fraction of sp³-hybridized carbons (Fsp3) is 0.167. The summed E-state index contributed by atoms with van der Waals surface area (Å²) in [6.45, 7) is 0. The molecule has 1 aromatic carbocycles. The van der Waals surface area contributed by atoms with E-state index in [2.05, 4.69) is 15.5 Å². The number of aromatic nitrogens is 2. The van der Waals surface area contributed by atoms with E-state index >= 15 is 0 Å². The molecule has 2 aromatic rings. The van der Waals surface area contributed by atoms with Gasteiger partial charge in [-0.05, 0) is 18.2 Å². The lowest BCUT2D eigenvalue weighted by atomic mass is 10.2. The average molecular weight is 262 g/mol. The van der Waals surface area contributed by atoms with Gasteiger partial charge in [-0.15, -0.1) is 0 Å². The number of anilines is 2. The number of aromatic amines is 1. The molecule has 0 aliphatic rings. The second kappa shape index (κ2) is 5.30. The van der Waals surface area contributed by atoms with Gasteiger partial charge in [0, 0.05) is 5.56 Å². The fourth-order valence-electron chi connectivity index (χ4n) is 1.56. The van der Waals surface area contributed by atoms with Crippen molar-refractivity contribution in [2.24, 2.45) is 0 Å². The van der Waals surface area contributed by atoms with Crippen LogP contribution < -0.4 is 20.5 Å². The van der Waals surface area contributed by atoms with Gasteiger partial charge in [-0.2, -0.15) is 5.10 Å². The third-order valence-electron chi connectivity index (χ3n) is 2.55. The van der Waals surface area contributed by atoms with E-state index in [-0.39, 0.29) is 5.91 Å². The highest BCUT2D eigenvalue weighted by molar-refractivity contribution is 6.05. The van der Waals surface area contributed by atoms with Crippen LogP contribution in [0.5, 0.6) is 11.5 Å². The Hall–Kier alpha value is -2.70. The number of methoxy groups -OCH3 is 2. The molecular weight excluding hydrogens is 248 g/mol. The number of amides is 1. The number of nitrogen functional groups attached to an aromatic ring is 1. The SMILES string of the molecule is COc1ccc(C(=O)Nc2[nH]ncc2N)cc1OC. The number of hydrogen-bond donors (Lipinski definition) is 3. The molecule has 0 aliphatic heterocycles. The molecule has 7 nitrogen and oxygen atoms in total. The number of H-pyrrole nitrogens is 1. The van der Waals surface area contributed by atoms with E-state index in [9.17, 15) is 4.79 Å². The van der Waals surface area contributed by atoms with Crippen molar-refractivity contribution in [2.75, 3.05) is 25.3 Å². The molecule has 0 aliphatic carbocycles. The maximum absolute atomic E-state index is 12.0. The van der Waals surface area contributed by atoms with Crippen molar-refractivity contribution in [1.29, 1.82) is 0 Å². The molecule has 2 rings (SSSR count). The van der Waals surface area contributed by atoms with Crippen molar-refractivity contribution in [2.45, 2.75) is 0 Å². The van der Waals surface area contributed by atoms with Gasteiger partial charge in [-0.1, -0.05) is 0 Å². The van der Waals surface area contributed by atoms with Gasteiger partial charge < -0.3 is 20.5 Å². The van der Waals surface area contributed by atoms with E-state index in [1.165, 1.54) is 20.4 Å². The van der Waals surface area contributed by atoms with Crippen LogP contribution in [0.4, 0.5) is 11.5 Å². The summed E-state index contributed by atoms with van der Waals surface area (Å²) in [5.41, 5.74) is 6.41. The summed E-state index contributed by atoms with van der Waals surface area (Å²) < 4.78 is 10.2. The quantitative estimate of drug-likeness (QED) is 0.769. The van der Waals surface area contributed by atoms with Gasteiger partial charge in [-0.3, -0.25) is 9.89 Å². The van der Waals surface area contributed by atoms with Crippen LogP contribution in [0.2, 0.25) is 0 Å². The average Bonchev–Trinajstić information content (AvgIpc) is 2.83. The molecule has 0 saturated heterocycles. The minimum Gasteiger partial charge on any atom is -0.493 e. The lowest BCUT2D eigenvalue weighted by molar-refractivity contribution is 0.102. The van der Waals surface area contributed by atoms with Crippen LogP contribution in [0.25, 0.3) is 0 Å². The molecule has 0 fully saturated rings. The molecule has 1 aromatic heterocycles. The molecular formula is C12H14N4O3. The molecule has 0 saturated carbocycles. The number of carbonyl (C=O) groups is 1. The van der Waals surface area contributed by atoms with Crippen LogP contribution >= 0.6 is 0 Å². The Morgan fingerprint density at radius 1 is 1.32 bits per heavy atom. The van der Waals surface area contributed by atoms with Crippen molar-refractivity contribution < 1.29 is 14.3 Å². The van der Waals surface area contributed by atoms with Gasteiger partial charge in [0.2, 0.25) is 0 Å². The molecule has 0 spiro atoms. The van der Waals surface area contributed by atoms with Crippen LogP contribution in [0.3, 0.4) is 0 Å². The summed E-state index contributed by atoms with van der Waals surface area (Å²) in [5.74, 6) is 1.07. The van der Waals surface area contributed by atoms with Crippen molar-refractivity contribution in [3.05, 3.63) is 30.0 Å². The van der Waals surface area contributed by atoms with Crippen LogP contribution in [0.1, 0.15) is 10.4 Å². The number of nitrogens with zero attached hydrogens (tertiary/aromatic N) is 1. The normalized spacial score (nSPS) is 10.0. The zero-order valence-electron chi connectivity index (χ0n) is 10.6. The van der Waals surface area contributed by atoms with Crippen molar-refractivity contribution >= 4 is 17.4 Å². The Labute approximate surface area is 109 Å². The summed E-state index contributed by atoms with van der Waals surface area (Å²) in [4.78, 5) is 12.0. The van der Waals surface area contributed by atoms with Crippen LogP contribution in [-0.4, -0.2) is 30.3 Å². The molecule has 100 valence electrons. The summed E-state index contributed by atoms with van der Waals surface area (Å²) >= 11 is 0. The predicted molar refractivity (Wildman–Crippen MR) is 70.5 cm³/mol. The minimum atomic E-state index is -0.322. The lowest BCUT2D eigenvalue weighted by Crippen LogP contribution is -2.13. The van der Waals surface area contributed by atoms with Gasteiger partial charge in [0.1, 0.15) is 0 Å². The highest BCUT2D eigenvalue weighted by atomic mass is 16.5. The molecule has 1 amide bonds. The van der Waals surface area contributed by atoms with E-state index in [1.54, 1.807) is 18.2 Å². The molecule has 0 atom stereocenters. The molecule has 0 unspecified atom stereocenters. The van der Waals surface area contributed by atoms with Gasteiger partial charge in [0.15, 0.2) is 17.3 Å².